The van der Waals surface area contributed by atoms with E-state index in [1.54, 1.807) is 19.4 Å². The van der Waals surface area contributed by atoms with E-state index in [-0.39, 0.29) is 18.9 Å². The van der Waals surface area contributed by atoms with Gasteiger partial charge in [-0.15, -0.1) is 0 Å². The zero-order valence-corrected chi connectivity index (χ0v) is 19.2. The Morgan fingerprint density at radius 2 is 1.74 bits per heavy atom. The lowest BCUT2D eigenvalue weighted by Gasteiger charge is -2.40. The van der Waals surface area contributed by atoms with Crippen LogP contribution in [0.3, 0.4) is 0 Å². The molecule has 1 saturated heterocycles. The van der Waals surface area contributed by atoms with E-state index >= 15 is 0 Å². The largest absolute Gasteiger partial charge is 0.384 e. The topological polar surface area (TPSA) is 66.0 Å². The van der Waals surface area contributed by atoms with Crippen molar-refractivity contribution in [2.75, 3.05) is 30.8 Å². The van der Waals surface area contributed by atoms with Crippen LogP contribution < -0.4 is 10.6 Å². The van der Waals surface area contributed by atoms with Crippen molar-refractivity contribution in [1.82, 2.24) is 19.9 Å². The number of anilines is 2. The molecule has 2 fully saturated rings. The zero-order chi connectivity index (χ0) is 23.7. The molecule has 0 bridgehead atoms. The second-order valence-corrected chi connectivity index (χ2v) is 9.31. The second kappa shape index (κ2) is 9.37. The molecule has 0 radical (unpaired) electrons. The fraction of sp³-hybridized carbons (Fsp3) is 0.480. The Bertz CT molecular complexity index is 1150. The van der Waals surface area contributed by atoms with Gasteiger partial charge in [-0.2, -0.15) is 4.39 Å². The van der Waals surface area contributed by atoms with Gasteiger partial charge in [0.25, 0.3) is 5.92 Å². The Kier molecular flexibility index (Phi) is 6.29. The fourth-order valence-electron chi connectivity index (χ4n) is 5.13. The van der Waals surface area contributed by atoms with E-state index in [1.807, 2.05) is 18.2 Å². The van der Waals surface area contributed by atoms with Crippen molar-refractivity contribution in [3.05, 3.63) is 42.7 Å². The summed E-state index contributed by atoms with van der Waals surface area (Å²) in [6.45, 7) is 0.977. The summed E-state index contributed by atoms with van der Waals surface area (Å²) in [5, 5.41) is 7.32. The van der Waals surface area contributed by atoms with Crippen LogP contribution in [0.4, 0.5) is 24.7 Å². The molecule has 1 aliphatic carbocycles. The molecule has 1 aliphatic heterocycles. The first-order valence-electron chi connectivity index (χ1n) is 11.9. The van der Waals surface area contributed by atoms with E-state index in [9.17, 15) is 13.2 Å². The SMILES string of the molecule is CNc1cc(-c2ccc3ncnc(N[C@H]4CC[C@H](N5CCC(F)(F)CC5)CC4)c3c2)cnc1F. The third-order valence-corrected chi connectivity index (χ3v) is 7.16. The number of likely N-dealkylation sites (tertiary alicyclic amines) is 1. The van der Waals surface area contributed by atoms with Crippen LogP contribution in [0.15, 0.2) is 36.8 Å². The van der Waals surface area contributed by atoms with Gasteiger partial charge in [-0.05, 0) is 49.4 Å². The molecule has 2 aliphatic rings. The number of pyridine rings is 1. The van der Waals surface area contributed by atoms with Gasteiger partial charge in [0.2, 0.25) is 5.95 Å². The minimum absolute atomic E-state index is 0.0280. The third kappa shape index (κ3) is 4.80. The van der Waals surface area contributed by atoms with Crippen LogP contribution in [-0.2, 0) is 0 Å². The molecule has 1 aromatic carbocycles. The standard InChI is InChI=1S/C25H29F3N6/c1-29-22-13-17(14-30-23(22)26)16-2-7-21-20(12-16)24(32-15-31-21)33-18-3-5-19(6-4-18)34-10-8-25(27,28)9-11-34/h2,7,12-15,18-19,29H,3-6,8-11H2,1H3,(H,31,32,33)/t18-,19-. The Morgan fingerprint density at radius 3 is 2.47 bits per heavy atom. The van der Waals surface area contributed by atoms with Gasteiger partial charge in [-0.3, -0.25) is 4.90 Å². The van der Waals surface area contributed by atoms with Gasteiger partial charge in [-0.25, -0.2) is 23.7 Å². The summed E-state index contributed by atoms with van der Waals surface area (Å²) in [4.78, 5) is 15.0. The van der Waals surface area contributed by atoms with Crippen molar-refractivity contribution in [2.45, 2.75) is 56.5 Å². The van der Waals surface area contributed by atoms with E-state index in [4.69, 9.17) is 0 Å². The highest BCUT2D eigenvalue weighted by Crippen LogP contribution is 2.34. The number of alkyl halides is 2. The number of hydrogen-bond donors (Lipinski definition) is 2. The first-order chi connectivity index (χ1) is 16.4. The summed E-state index contributed by atoms with van der Waals surface area (Å²) < 4.78 is 40.8. The highest BCUT2D eigenvalue weighted by molar-refractivity contribution is 5.92. The third-order valence-electron chi connectivity index (χ3n) is 7.16. The maximum absolute atomic E-state index is 13.8. The molecule has 9 heteroatoms. The smallest absolute Gasteiger partial charge is 0.250 e. The van der Waals surface area contributed by atoms with Crippen LogP contribution in [0, 0.1) is 5.95 Å². The Morgan fingerprint density at radius 1 is 0.971 bits per heavy atom. The molecule has 1 saturated carbocycles. The van der Waals surface area contributed by atoms with Crippen molar-refractivity contribution in [2.24, 2.45) is 0 Å². The highest BCUT2D eigenvalue weighted by Gasteiger charge is 2.37. The molecule has 0 spiro atoms. The van der Waals surface area contributed by atoms with E-state index in [2.05, 4.69) is 30.5 Å². The maximum atomic E-state index is 13.8. The van der Waals surface area contributed by atoms with E-state index in [0.29, 0.717) is 24.8 Å². The van der Waals surface area contributed by atoms with Crippen LogP contribution in [0.2, 0.25) is 0 Å². The van der Waals surface area contributed by atoms with Crippen LogP contribution in [-0.4, -0.2) is 58.0 Å². The summed E-state index contributed by atoms with van der Waals surface area (Å²) in [6, 6.07) is 8.27. The molecular weight excluding hydrogens is 441 g/mol. The van der Waals surface area contributed by atoms with Gasteiger partial charge < -0.3 is 10.6 Å². The fourth-order valence-corrected chi connectivity index (χ4v) is 5.13. The number of nitrogens with zero attached hydrogens (tertiary/aromatic N) is 4. The number of aromatic nitrogens is 3. The number of halogens is 3. The number of fused-ring (bicyclic) bond motifs is 1. The van der Waals surface area contributed by atoms with Crippen LogP contribution in [0.1, 0.15) is 38.5 Å². The number of nitrogens with one attached hydrogen (secondary N) is 2. The van der Waals surface area contributed by atoms with Gasteiger partial charge in [0, 0.05) is 62.2 Å². The number of benzene rings is 1. The Labute approximate surface area is 197 Å². The number of piperidine rings is 1. The molecule has 2 N–H and O–H groups in total. The van der Waals surface area contributed by atoms with Gasteiger partial charge in [0.1, 0.15) is 12.1 Å². The zero-order valence-electron chi connectivity index (χ0n) is 19.2. The monoisotopic (exact) mass is 470 g/mol. The van der Waals surface area contributed by atoms with Crippen molar-refractivity contribution < 1.29 is 13.2 Å². The Hall–Kier alpha value is -2.94. The molecule has 34 heavy (non-hydrogen) atoms. The Balaban J connectivity index is 1.29. The van der Waals surface area contributed by atoms with Crippen molar-refractivity contribution in [1.29, 1.82) is 0 Å². The van der Waals surface area contributed by atoms with Crippen molar-refractivity contribution in [3.63, 3.8) is 0 Å². The average molecular weight is 471 g/mol. The molecule has 0 atom stereocenters. The predicted molar refractivity (Wildman–Crippen MR) is 128 cm³/mol. The normalized spacial score (nSPS) is 23.1. The molecular formula is C25H29F3N6. The van der Waals surface area contributed by atoms with Crippen molar-refractivity contribution >= 4 is 22.4 Å². The summed E-state index contributed by atoms with van der Waals surface area (Å²) in [5.74, 6) is -2.26. The van der Waals surface area contributed by atoms with Gasteiger partial charge >= 0.3 is 0 Å². The van der Waals surface area contributed by atoms with Gasteiger partial charge in [0.05, 0.1) is 11.2 Å². The average Bonchev–Trinajstić information content (AvgIpc) is 2.85. The van der Waals surface area contributed by atoms with E-state index in [0.717, 1.165) is 53.5 Å². The maximum Gasteiger partial charge on any atom is 0.250 e. The lowest BCUT2D eigenvalue weighted by atomic mass is 9.88. The molecule has 3 aromatic rings. The van der Waals surface area contributed by atoms with E-state index < -0.39 is 11.9 Å². The molecule has 6 nitrogen and oxygen atoms in total. The number of rotatable bonds is 5. The molecule has 5 rings (SSSR count). The summed E-state index contributed by atoms with van der Waals surface area (Å²) in [5.41, 5.74) is 2.87. The van der Waals surface area contributed by atoms with Crippen LogP contribution >= 0.6 is 0 Å². The van der Waals surface area contributed by atoms with E-state index in [1.165, 1.54) is 6.20 Å². The van der Waals surface area contributed by atoms with Crippen molar-refractivity contribution in [3.8, 4) is 11.1 Å². The quantitative estimate of drug-likeness (QED) is 0.492. The van der Waals surface area contributed by atoms with Crippen LogP contribution in [0.25, 0.3) is 22.0 Å². The minimum Gasteiger partial charge on any atom is -0.384 e. The molecule has 0 unspecified atom stereocenters. The molecule has 3 heterocycles. The first-order valence-corrected chi connectivity index (χ1v) is 11.9. The lowest BCUT2D eigenvalue weighted by Crippen LogP contribution is -2.47. The predicted octanol–water partition coefficient (Wildman–Crippen LogP) is 5.33. The number of hydrogen-bond acceptors (Lipinski definition) is 6. The minimum atomic E-state index is -2.50. The summed E-state index contributed by atoms with van der Waals surface area (Å²) in [7, 11) is 1.66. The molecule has 0 amide bonds. The molecule has 180 valence electrons. The van der Waals surface area contributed by atoms with Gasteiger partial charge in [0.15, 0.2) is 0 Å². The summed E-state index contributed by atoms with van der Waals surface area (Å²) >= 11 is 0. The van der Waals surface area contributed by atoms with Gasteiger partial charge in [-0.1, -0.05) is 6.07 Å². The molecule has 2 aromatic heterocycles. The lowest BCUT2D eigenvalue weighted by molar-refractivity contribution is -0.0657. The first kappa shape index (κ1) is 22.8. The second-order valence-electron chi connectivity index (χ2n) is 9.31. The van der Waals surface area contributed by atoms with Crippen LogP contribution in [0.5, 0.6) is 0 Å². The highest BCUT2D eigenvalue weighted by atomic mass is 19.3. The summed E-state index contributed by atoms with van der Waals surface area (Å²) in [6.07, 6.45) is 6.94.